The number of ether oxygens (including phenoxy) is 1. The molecule has 0 aliphatic carbocycles. The average Bonchev–Trinajstić information content (AvgIpc) is 2.41. The van der Waals surface area contributed by atoms with E-state index in [1.165, 1.54) is 5.56 Å². The molecule has 0 aromatic heterocycles. The minimum Gasteiger partial charge on any atom is -0.493 e. The molecule has 0 bridgehead atoms. The molecule has 0 radical (unpaired) electrons. The predicted octanol–water partition coefficient (Wildman–Crippen LogP) is 4.97. The first-order chi connectivity index (χ1) is 8.79. The summed E-state index contributed by atoms with van der Waals surface area (Å²) in [6.07, 6.45) is 0.929. The quantitative estimate of drug-likeness (QED) is 0.676. The van der Waals surface area contributed by atoms with Gasteiger partial charge in [-0.1, -0.05) is 62.2 Å². The highest BCUT2D eigenvalue weighted by atomic mass is 79.9. The SMILES string of the molecule is BrCc1cc(Br)ccc1OCCc1ccccc1. The minimum absolute atomic E-state index is 0.700. The van der Waals surface area contributed by atoms with E-state index < -0.39 is 0 Å². The third-order valence-electron chi connectivity index (χ3n) is 2.66. The van der Waals surface area contributed by atoms with Crippen LogP contribution in [0.5, 0.6) is 5.75 Å². The van der Waals surface area contributed by atoms with E-state index in [2.05, 4.69) is 62.2 Å². The van der Waals surface area contributed by atoms with Gasteiger partial charge in [0.05, 0.1) is 6.61 Å². The summed E-state index contributed by atoms with van der Waals surface area (Å²) in [7, 11) is 0. The van der Waals surface area contributed by atoms with Gasteiger partial charge >= 0.3 is 0 Å². The number of alkyl halides is 1. The van der Waals surface area contributed by atoms with Gasteiger partial charge < -0.3 is 4.74 Å². The topological polar surface area (TPSA) is 9.23 Å². The van der Waals surface area contributed by atoms with Crippen molar-refractivity contribution in [1.82, 2.24) is 0 Å². The Hall–Kier alpha value is -0.800. The zero-order chi connectivity index (χ0) is 12.8. The van der Waals surface area contributed by atoms with Crippen molar-refractivity contribution in [2.75, 3.05) is 6.61 Å². The molecule has 0 saturated carbocycles. The third-order valence-corrected chi connectivity index (χ3v) is 3.75. The normalized spacial score (nSPS) is 10.3. The maximum atomic E-state index is 5.84. The lowest BCUT2D eigenvalue weighted by Gasteiger charge is -2.10. The molecule has 94 valence electrons. The highest BCUT2D eigenvalue weighted by Gasteiger charge is 2.03. The van der Waals surface area contributed by atoms with E-state index in [9.17, 15) is 0 Å². The number of benzene rings is 2. The Bertz CT molecular complexity index is 497. The molecule has 0 spiro atoms. The van der Waals surface area contributed by atoms with Crippen LogP contribution in [0.15, 0.2) is 53.0 Å². The van der Waals surface area contributed by atoms with Crippen molar-refractivity contribution in [1.29, 1.82) is 0 Å². The second kappa shape index (κ2) is 6.95. The lowest BCUT2D eigenvalue weighted by atomic mass is 10.2. The summed E-state index contributed by atoms with van der Waals surface area (Å²) in [5.74, 6) is 0.950. The lowest BCUT2D eigenvalue weighted by Crippen LogP contribution is -2.02. The van der Waals surface area contributed by atoms with E-state index in [0.717, 1.165) is 27.5 Å². The number of hydrogen-bond acceptors (Lipinski definition) is 1. The van der Waals surface area contributed by atoms with Crippen molar-refractivity contribution in [2.24, 2.45) is 0 Å². The fourth-order valence-electron chi connectivity index (χ4n) is 1.72. The van der Waals surface area contributed by atoms with E-state index in [4.69, 9.17) is 4.74 Å². The standard InChI is InChI=1S/C15H14Br2O/c16-11-13-10-14(17)6-7-15(13)18-9-8-12-4-2-1-3-5-12/h1-7,10H,8-9,11H2. The van der Waals surface area contributed by atoms with Crippen LogP contribution in [0.4, 0.5) is 0 Å². The van der Waals surface area contributed by atoms with Crippen LogP contribution in [0.1, 0.15) is 11.1 Å². The van der Waals surface area contributed by atoms with E-state index in [1.807, 2.05) is 18.2 Å². The van der Waals surface area contributed by atoms with Crippen LogP contribution >= 0.6 is 31.9 Å². The van der Waals surface area contributed by atoms with Crippen LogP contribution in [0, 0.1) is 0 Å². The highest BCUT2D eigenvalue weighted by molar-refractivity contribution is 9.10. The maximum Gasteiger partial charge on any atom is 0.123 e. The van der Waals surface area contributed by atoms with Crippen LogP contribution in [0.3, 0.4) is 0 Å². The van der Waals surface area contributed by atoms with Gasteiger partial charge in [-0.15, -0.1) is 0 Å². The first-order valence-electron chi connectivity index (χ1n) is 5.80. The molecular formula is C15H14Br2O. The molecule has 0 saturated heterocycles. The van der Waals surface area contributed by atoms with Gasteiger partial charge in [-0.3, -0.25) is 0 Å². The monoisotopic (exact) mass is 368 g/mol. The molecule has 1 nitrogen and oxygen atoms in total. The van der Waals surface area contributed by atoms with Gasteiger partial charge in [0, 0.05) is 21.8 Å². The Morgan fingerprint density at radius 3 is 2.50 bits per heavy atom. The van der Waals surface area contributed by atoms with Gasteiger partial charge in [0.25, 0.3) is 0 Å². The fraction of sp³-hybridized carbons (Fsp3) is 0.200. The van der Waals surface area contributed by atoms with Gasteiger partial charge in [0.2, 0.25) is 0 Å². The largest absolute Gasteiger partial charge is 0.493 e. The van der Waals surface area contributed by atoms with Crippen LogP contribution in [-0.4, -0.2) is 6.61 Å². The maximum absolute atomic E-state index is 5.84. The molecule has 2 aromatic carbocycles. The summed E-state index contributed by atoms with van der Waals surface area (Å²) < 4.78 is 6.91. The van der Waals surface area contributed by atoms with Crippen molar-refractivity contribution < 1.29 is 4.74 Å². The fourth-order valence-corrected chi connectivity index (χ4v) is 2.56. The molecule has 0 aliphatic heterocycles. The summed E-state index contributed by atoms with van der Waals surface area (Å²) in [6, 6.07) is 16.5. The van der Waals surface area contributed by atoms with Crippen molar-refractivity contribution in [3.63, 3.8) is 0 Å². The van der Waals surface area contributed by atoms with E-state index in [0.29, 0.717) is 6.61 Å². The van der Waals surface area contributed by atoms with Crippen LogP contribution in [-0.2, 0) is 11.8 Å². The summed E-state index contributed by atoms with van der Waals surface area (Å²) in [5.41, 5.74) is 2.47. The Morgan fingerprint density at radius 2 is 1.78 bits per heavy atom. The lowest BCUT2D eigenvalue weighted by molar-refractivity contribution is 0.319. The molecular weight excluding hydrogens is 356 g/mol. The van der Waals surface area contributed by atoms with E-state index in [-0.39, 0.29) is 0 Å². The van der Waals surface area contributed by atoms with Gasteiger partial charge in [-0.2, -0.15) is 0 Å². The Balaban J connectivity index is 1.94. The summed E-state index contributed by atoms with van der Waals surface area (Å²) >= 11 is 6.94. The third kappa shape index (κ3) is 3.85. The average molecular weight is 370 g/mol. The second-order valence-electron chi connectivity index (χ2n) is 3.97. The predicted molar refractivity (Wildman–Crippen MR) is 82.4 cm³/mol. The Morgan fingerprint density at radius 1 is 1.00 bits per heavy atom. The number of halogens is 2. The molecule has 0 N–H and O–H groups in total. The van der Waals surface area contributed by atoms with Gasteiger partial charge in [0.15, 0.2) is 0 Å². The van der Waals surface area contributed by atoms with Crippen LogP contribution < -0.4 is 4.74 Å². The molecule has 0 atom stereocenters. The van der Waals surface area contributed by atoms with E-state index >= 15 is 0 Å². The molecule has 18 heavy (non-hydrogen) atoms. The van der Waals surface area contributed by atoms with Crippen molar-refractivity contribution in [3.05, 3.63) is 64.1 Å². The number of rotatable bonds is 5. The summed E-state index contributed by atoms with van der Waals surface area (Å²) in [6.45, 7) is 0.700. The minimum atomic E-state index is 0.700. The first kappa shape index (κ1) is 13.6. The molecule has 3 heteroatoms. The van der Waals surface area contributed by atoms with Crippen molar-refractivity contribution >= 4 is 31.9 Å². The zero-order valence-corrected chi connectivity index (χ0v) is 13.1. The smallest absolute Gasteiger partial charge is 0.123 e. The molecule has 2 rings (SSSR count). The van der Waals surface area contributed by atoms with Gasteiger partial charge in [-0.25, -0.2) is 0 Å². The number of hydrogen-bond donors (Lipinski definition) is 0. The summed E-state index contributed by atoms with van der Waals surface area (Å²) in [4.78, 5) is 0. The highest BCUT2D eigenvalue weighted by Crippen LogP contribution is 2.25. The second-order valence-corrected chi connectivity index (χ2v) is 5.45. The van der Waals surface area contributed by atoms with Crippen LogP contribution in [0.2, 0.25) is 0 Å². The Labute approximate surface area is 124 Å². The summed E-state index contributed by atoms with van der Waals surface area (Å²) in [5, 5.41) is 0.799. The van der Waals surface area contributed by atoms with E-state index in [1.54, 1.807) is 0 Å². The van der Waals surface area contributed by atoms with Crippen molar-refractivity contribution in [2.45, 2.75) is 11.8 Å². The molecule has 0 unspecified atom stereocenters. The Kier molecular flexibility index (Phi) is 5.26. The molecule has 0 amide bonds. The van der Waals surface area contributed by atoms with Gasteiger partial charge in [0.1, 0.15) is 5.75 Å². The van der Waals surface area contributed by atoms with Crippen molar-refractivity contribution in [3.8, 4) is 5.75 Å². The molecule has 0 heterocycles. The first-order valence-corrected chi connectivity index (χ1v) is 7.72. The zero-order valence-electron chi connectivity index (χ0n) is 9.90. The van der Waals surface area contributed by atoms with Gasteiger partial charge in [-0.05, 0) is 23.8 Å². The van der Waals surface area contributed by atoms with Crippen LogP contribution in [0.25, 0.3) is 0 Å². The molecule has 0 fully saturated rings. The molecule has 0 aliphatic rings. The molecule has 2 aromatic rings.